The molecule has 0 saturated heterocycles. The van der Waals surface area contributed by atoms with E-state index in [-0.39, 0.29) is 37.2 Å². The number of ketones is 1. The van der Waals surface area contributed by atoms with Gasteiger partial charge in [0.15, 0.2) is 5.78 Å². The van der Waals surface area contributed by atoms with Crippen LogP contribution < -0.4 is 0 Å². The van der Waals surface area contributed by atoms with Gasteiger partial charge in [-0.3, -0.25) is 9.78 Å². The maximum absolute atomic E-state index is 12.7. The number of aromatic nitrogens is 1. The minimum Gasteiger partial charge on any atom is -0.512 e. The van der Waals surface area contributed by atoms with E-state index in [1.807, 2.05) is 6.20 Å². The van der Waals surface area contributed by atoms with Crippen molar-refractivity contribution in [3.05, 3.63) is 89.8 Å². The van der Waals surface area contributed by atoms with E-state index in [4.69, 9.17) is 4.98 Å². The average Bonchev–Trinajstić information content (AvgIpc) is 3.66. The molecule has 54 heavy (non-hydrogen) atoms. The third-order valence-corrected chi connectivity index (χ3v) is 12.8. The third-order valence-electron chi connectivity index (χ3n) is 12.8. The molecule has 0 unspecified atom stereocenters. The molecule has 293 valence electrons. The van der Waals surface area contributed by atoms with Crippen LogP contribution in [0.2, 0.25) is 0 Å². The Kier molecular flexibility index (Phi) is 13.0. The summed E-state index contributed by atoms with van der Waals surface area (Å²) in [4.78, 5) is 16.6. The molecule has 3 aliphatic carbocycles. The number of hydrogen-bond acceptors (Lipinski definition) is 3. The number of alkyl halides is 3. The van der Waals surface area contributed by atoms with Gasteiger partial charge in [-0.15, -0.1) is 29.1 Å². The molecule has 0 bridgehead atoms. The minimum absolute atomic E-state index is 0. The predicted molar refractivity (Wildman–Crippen MR) is 211 cm³/mol. The summed E-state index contributed by atoms with van der Waals surface area (Å²) in [6.45, 7) is 10.8. The molecule has 0 spiro atoms. The Balaban J connectivity index is 0.000000232. The quantitative estimate of drug-likeness (QED) is 0.119. The van der Waals surface area contributed by atoms with Crippen molar-refractivity contribution < 1.29 is 43.2 Å². The van der Waals surface area contributed by atoms with Gasteiger partial charge >= 0.3 is 6.18 Å². The van der Waals surface area contributed by atoms with Gasteiger partial charge in [0, 0.05) is 44.0 Å². The monoisotopic (exact) mass is 917 g/mol. The van der Waals surface area contributed by atoms with Crippen molar-refractivity contribution in [1.82, 2.24) is 4.98 Å². The molecule has 3 aromatic carbocycles. The molecule has 7 rings (SSSR count). The summed E-state index contributed by atoms with van der Waals surface area (Å²) >= 11 is 0. The van der Waals surface area contributed by atoms with Gasteiger partial charge in [-0.25, -0.2) is 0 Å². The van der Waals surface area contributed by atoms with Gasteiger partial charge in [-0.1, -0.05) is 87.9 Å². The Morgan fingerprint density at radius 3 is 2.06 bits per heavy atom. The van der Waals surface area contributed by atoms with Crippen LogP contribution in [0.5, 0.6) is 0 Å². The van der Waals surface area contributed by atoms with Gasteiger partial charge in [-0.05, 0) is 123 Å². The first-order valence-corrected chi connectivity index (χ1v) is 19.8. The normalized spacial score (nSPS) is 20.0. The SMILES string of the molecule is CC1(C)CCC(/C(O)=C/C(=O)C(C)(C)C(F)(F)F)CC1.CC1(C)CCC(c2cc(-c3nccc4cc(C5CCCC5)ccc34)[c-]c3ccccc23)CC1.[Ir]. The van der Waals surface area contributed by atoms with E-state index in [1.54, 1.807) is 0 Å². The average molecular weight is 917 g/mol. The molecule has 4 aromatic rings. The molecule has 1 N–H and O–H groups in total. The molecule has 1 radical (unpaired) electrons. The van der Waals surface area contributed by atoms with E-state index in [0.29, 0.717) is 24.2 Å². The molecule has 0 aliphatic heterocycles. The largest absolute Gasteiger partial charge is 0.512 e. The summed E-state index contributed by atoms with van der Waals surface area (Å²) in [5, 5.41) is 15.1. The fraction of sp³-hybridized carbons (Fsp3) is 0.532. The molecule has 1 aromatic heterocycles. The van der Waals surface area contributed by atoms with Crippen molar-refractivity contribution in [3.8, 4) is 11.3 Å². The number of allylic oxidation sites excluding steroid dienone is 2. The summed E-state index contributed by atoms with van der Waals surface area (Å²) < 4.78 is 38.2. The molecule has 3 fully saturated rings. The number of halogens is 3. The van der Waals surface area contributed by atoms with E-state index in [1.165, 1.54) is 84.0 Å². The minimum atomic E-state index is -4.62. The number of aliphatic hydroxyl groups excluding tert-OH is 1. The third kappa shape index (κ3) is 9.49. The summed E-state index contributed by atoms with van der Waals surface area (Å²) in [5.41, 5.74) is 3.44. The molecular formula is C47H57F3IrNO2-. The van der Waals surface area contributed by atoms with E-state index < -0.39 is 17.4 Å². The fourth-order valence-electron chi connectivity index (χ4n) is 8.63. The molecule has 7 heteroatoms. The van der Waals surface area contributed by atoms with Gasteiger partial charge in [0.05, 0.1) is 5.76 Å². The molecule has 0 atom stereocenters. The van der Waals surface area contributed by atoms with Crippen molar-refractivity contribution in [1.29, 1.82) is 0 Å². The molecule has 3 saturated carbocycles. The summed E-state index contributed by atoms with van der Waals surface area (Å²) in [5.74, 6) is -0.133. The topological polar surface area (TPSA) is 50.2 Å². The van der Waals surface area contributed by atoms with E-state index in [9.17, 15) is 23.1 Å². The summed E-state index contributed by atoms with van der Waals surface area (Å²) in [7, 11) is 0. The van der Waals surface area contributed by atoms with Gasteiger partial charge in [0.1, 0.15) is 5.41 Å². The Labute approximate surface area is 334 Å². The number of nitrogens with zero attached hydrogens (tertiary/aromatic N) is 1. The molecule has 1 heterocycles. The first-order chi connectivity index (χ1) is 24.9. The van der Waals surface area contributed by atoms with Crippen LogP contribution >= 0.6 is 0 Å². The fourth-order valence-corrected chi connectivity index (χ4v) is 8.63. The van der Waals surface area contributed by atoms with Crippen LogP contribution in [0.4, 0.5) is 13.2 Å². The van der Waals surface area contributed by atoms with Crippen molar-refractivity contribution in [2.45, 2.75) is 137 Å². The van der Waals surface area contributed by atoms with Crippen molar-refractivity contribution in [2.24, 2.45) is 22.2 Å². The van der Waals surface area contributed by atoms with Crippen molar-refractivity contribution in [2.75, 3.05) is 0 Å². The number of hydrogen-bond donors (Lipinski definition) is 1. The zero-order valence-corrected chi connectivity index (χ0v) is 35.2. The number of carbonyl (C=O) groups excluding carboxylic acids is 1. The Morgan fingerprint density at radius 2 is 1.43 bits per heavy atom. The molecular weight excluding hydrogens is 860 g/mol. The first kappa shape index (κ1) is 42.1. The number of carbonyl (C=O) groups is 1. The Hall–Kier alpha value is -3.02. The molecule has 3 aliphatic rings. The van der Waals surface area contributed by atoms with Crippen LogP contribution in [0.3, 0.4) is 0 Å². The van der Waals surface area contributed by atoms with E-state index in [2.05, 4.69) is 88.4 Å². The molecule has 3 nitrogen and oxygen atoms in total. The van der Waals surface area contributed by atoms with Gasteiger partial charge < -0.3 is 5.11 Å². The predicted octanol–water partition coefficient (Wildman–Crippen LogP) is 14.0. The smallest absolute Gasteiger partial charge is 0.401 e. The second-order valence-corrected chi connectivity index (χ2v) is 18.2. The number of pyridine rings is 1. The summed E-state index contributed by atoms with van der Waals surface area (Å²) in [6, 6.07) is 24.2. The maximum atomic E-state index is 12.7. The first-order valence-electron chi connectivity index (χ1n) is 19.8. The van der Waals surface area contributed by atoms with Gasteiger partial charge in [0.25, 0.3) is 0 Å². The van der Waals surface area contributed by atoms with Crippen molar-refractivity contribution >= 4 is 27.3 Å². The van der Waals surface area contributed by atoms with Gasteiger partial charge in [-0.2, -0.15) is 13.2 Å². The van der Waals surface area contributed by atoms with Crippen LogP contribution in [-0.4, -0.2) is 22.1 Å². The second-order valence-electron chi connectivity index (χ2n) is 18.2. The van der Waals surface area contributed by atoms with E-state index in [0.717, 1.165) is 49.9 Å². The van der Waals surface area contributed by atoms with Crippen LogP contribution in [0.15, 0.2) is 72.6 Å². The van der Waals surface area contributed by atoms with Crippen LogP contribution in [0, 0.1) is 28.2 Å². The Bertz CT molecular complexity index is 1950. The zero-order valence-electron chi connectivity index (χ0n) is 32.8. The van der Waals surface area contributed by atoms with Crippen LogP contribution in [-0.2, 0) is 24.9 Å². The molecule has 0 amide bonds. The summed E-state index contributed by atoms with van der Waals surface area (Å²) in [6.07, 6.45) is 11.9. The number of benzene rings is 3. The number of fused-ring (bicyclic) bond motifs is 2. The number of aliphatic hydroxyl groups is 1. The van der Waals surface area contributed by atoms with Crippen molar-refractivity contribution in [3.63, 3.8) is 0 Å². The second kappa shape index (κ2) is 16.6. The maximum Gasteiger partial charge on any atom is 0.401 e. The van der Waals surface area contributed by atoms with Gasteiger partial charge in [0.2, 0.25) is 0 Å². The standard InChI is InChI=1S/C32H34N.C15H23F3O2.Ir/c1-32(2)16-13-23(14-17-32)30-21-27(20-25-9-5-6-10-28(25)30)31-29-12-11-24(22-7-3-4-8-22)19-26(29)15-18-33-31;1-13(2)7-5-10(6-8-13)11(19)9-12(20)14(3,4)15(16,17)18;/h5-6,9-12,15,18-19,21-23H,3-4,7-8,13-14,16-17H2,1-2H3;9-10,19H,5-8H2,1-4H3;/q-1;;/b;11-9-;. The van der Waals surface area contributed by atoms with Crippen LogP contribution in [0.25, 0.3) is 32.8 Å². The van der Waals surface area contributed by atoms with E-state index >= 15 is 0 Å². The number of rotatable bonds is 6. The van der Waals surface area contributed by atoms with Crippen LogP contribution in [0.1, 0.15) is 142 Å². The zero-order chi connectivity index (χ0) is 38.2. The Morgan fingerprint density at radius 1 is 0.815 bits per heavy atom.